The summed E-state index contributed by atoms with van der Waals surface area (Å²) in [6.45, 7) is 25.7. The number of nitrogens with two attached hydrogens (primary N) is 1. The Labute approximate surface area is 358 Å². The Kier molecular flexibility index (Phi) is 14.8. The summed E-state index contributed by atoms with van der Waals surface area (Å²) in [5, 5.41) is 10.5. The molecule has 1 aromatic rings. The Morgan fingerprint density at radius 1 is 1.08 bits per heavy atom. The number of nitriles is 1. The summed E-state index contributed by atoms with van der Waals surface area (Å²) in [6, 6.07) is 2.58. The molecule has 1 saturated carbocycles. The SMILES string of the molecule is C=C(C(/C(C#N)=C(/N)CCCC)=C(C)\C(F)=C/C)c1c(F)c(C)c(/C(=N\C(=C\CCC)OCC2(CN3CC(C)(C)C3)CC2)N2C3CCC2CN(CCOC)C3)c2c1COC2. The highest BCUT2D eigenvalue weighted by Crippen LogP contribution is 2.49. The highest BCUT2D eigenvalue weighted by molar-refractivity contribution is 6.04. The molecule has 0 spiro atoms. The molecule has 2 N–H and O–H groups in total. The summed E-state index contributed by atoms with van der Waals surface area (Å²) >= 11 is 0. The fourth-order valence-electron chi connectivity index (χ4n) is 9.95. The molecule has 0 radical (unpaired) electrons. The van der Waals surface area contributed by atoms with E-state index in [0.717, 1.165) is 96.2 Å². The van der Waals surface area contributed by atoms with Crippen LogP contribution in [0.5, 0.6) is 0 Å². The lowest BCUT2D eigenvalue weighted by molar-refractivity contribution is 0.00133. The largest absolute Gasteiger partial charge is 0.477 e. The van der Waals surface area contributed by atoms with Crippen molar-refractivity contribution in [3.8, 4) is 6.07 Å². The van der Waals surface area contributed by atoms with Gasteiger partial charge in [0.1, 0.15) is 23.5 Å². The number of likely N-dealkylation sites (tertiary alicyclic amines) is 2. The van der Waals surface area contributed by atoms with Gasteiger partial charge in [-0.05, 0) is 105 Å². The van der Waals surface area contributed by atoms with Gasteiger partial charge in [0.25, 0.3) is 0 Å². The molecule has 9 nitrogen and oxygen atoms in total. The molecular formula is C49H70F2N6O3. The van der Waals surface area contributed by atoms with E-state index in [1.54, 1.807) is 27.9 Å². The van der Waals surface area contributed by atoms with Crippen molar-refractivity contribution >= 4 is 11.4 Å². The van der Waals surface area contributed by atoms with Crippen LogP contribution in [0.25, 0.3) is 5.57 Å². The van der Waals surface area contributed by atoms with Crippen LogP contribution in [0.4, 0.5) is 8.78 Å². The van der Waals surface area contributed by atoms with E-state index in [9.17, 15) is 5.26 Å². The minimum absolute atomic E-state index is 0.120. The highest BCUT2D eigenvalue weighted by Gasteiger charge is 2.49. The lowest BCUT2D eigenvalue weighted by Gasteiger charge is -2.47. The zero-order valence-electron chi connectivity index (χ0n) is 37.7. The molecule has 0 aromatic heterocycles. The van der Waals surface area contributed by atoms with Crippen molar-refractivity contribution in [3.63, 3.8) is 0 Å². The Hall–Kier alpha value is -3.82. The Balaban J connectivity index is 1.48. The van der Waals surface area contributed by atoms with Gasteiger partial charge in [0.05, 0.1) is 32.0 Å². The maximum atomic E-state index is 17.7. The summed E-state index contributed by atoms with van der Waals surface area (Å²) < 4.78 is 51.7. The third kappa shape index (κ3) is 9.78. The van der Waals surface area contributed by atoms with Crippen LogP contribution in [0.2, 0.25) is 0 Å². The molecule has 3 saturated heterocycles. The van der Waals surface area contributed by atoms with Gasteiger partial charge in [-0.15, -0.1) is 0 Å². The number of allylic oxidation sites excluding steroid dienone is 8. The number of ether oxygens (including phenoxy) is 3. The Bertz CT molecular complexity index is 1960. The number of hydrogen-bond acceptors (Lipinski definition) is 8. The lowest BCUT2D eigenvalue weighted by atomic mass is 9.82. The van der Waals surface area contributed by atoms with Crippen LogP contribution in [0.15, 0.2) is 57.8 Å². The molecule has 0 amide bonds. The molecule has 1 aromatic carbocycles. The molecular weight excluding hydrogens is 759 g/mol. The van der Waals surface area contributed by atoms with Crippen molar-refractivity contribution in [1.29, 1.82) is 5.26 Å². The third-order valence-electron chi connectivity index (χ3n) is 13.3. The summed E-state index contributed by atoms with van der Waals surface area (Å²) in [4.78, 5) is 13.0. The van der Waals surface area contributed by atoms with Crippen LogP contribution in [0.1, 0.15) is 127 Å². The zero-order chi connectivity index (χ0) is 43.4. The summed E-state index contributed by atoms with van der Waals surface area (Å²) in [5.41, 5.74) is 11.0. The molecule has 2 unspecified atom stereocenters. The standard InChI is InChI=1S/C49H70F2N6O3/c1-10-13-15-41(53)37(23-52)43(32(4)40(50)12-3)33(5)44-38-26-59-27-39(38)45(34(6)46(44)51)47(57-35-17-18-36(57)25-55(24-35)21-22-58-9)54-42(16-14-11-2)60-31-49(19-20-49)30-56-28-48(7,8)29-56/h12,16,35-36H,5,10-11,13-15,17-22,24-31,53H2,1-4,6-9H3/b40-12+,41-37+,42-16-,43-32+,54-47+. The number of aliphatic imine (C=N–C) groups is 1. The predicted molar refractivity (Wildman–Crippen MR) is 237 cm³/mol. The molecule has 4 fully saturated rings. The van der Waals surface area contributed by atoms with Crippen molar-refractivity contribution in [1.82, 2.24) is 14.7 Å². The molecule has 5 aliphatic rings. The number of fused-ring (bicyclic) bond motifs is 3. The zero-order valence-corrected chi connectivity index (χ0v) is 37.7. The van der Waals surface area contributed by atoms with Crippen molar-refractivity contribution < 1.29 is 23.0 Å². The third-order valence-corrected chi connectivity index (χ3v) is 13.3. The molecule has 1 aliphatic carbocycles. The first kappa shape index (κ1) is 45.7. The second-order valence-electron chi connectivity index (χ2n) is 18.8. The highest BCUT2D eigenvalue weighted by atomic mass is 19.1. The molecule has 328 valence electrons. The van der Waals surface area contributed by atoms with E-state index < -0.39 is 11.6 Å². The monoisotopic (exact) mass is 829 g/mol. The lowest BCUT2D eigenvalue weighted by Crippen LogP contribution is -2.56. The molecule has 60 heavy (non-hydrogen) atoms. The van der Waals surface area contributed by atoms with E-state index in [4.69, 9.17) is 24.9 Å². The van der Waals surface area contributed by atoms with Crippen LogP contribution in [0.3, 0.4) is 0 Å². The van der Waals surface area contributed by atoms with Crippen LogP contribution < -0.4 is 5.73 Å². The van der Waals surface area contributed by atoms with Gasteiger partial charge in [0, 0.05) is 86.3 Å². The second kappa shape index (κ2) is 19.5. The number of halogens is 2. The number of methoxy groups -OCH3 is 1. The van der Waals surface area contributed by atoms with Gasteiger partial charge < -0.3 is 29.7 Å². The van der Waals surface area contributed by atoms with Gasteiger partial charge >= 0.3 is 0 Å². The topological polar surface area (TPSA) is 99.6 Å². The first-order valence-electron chi connectivity index (χ1n) is 22.4. The number of unbranched alkanes of at least 4 members (excludes halogenated alkanes) is 2. The van der Waals surface area contributed by atoms with Crippen molar-refractivity contribution in [2.45, 2.75) is 132 Å². The average molecular weight is 829 g/mol. The maximum Gasteiger partial charge on any atom is 0.211 e. The fourth-order valence-corrected chi connectivity index (χ4v) is 9.95. The van der Waals surface area contributed by atoms with Crippen LogP contribution in [-0.2, 0) is 27.4 Å². The minimum Gasteiger partial charge on any atom is -0.477 e. The number of benzene rings is 1. The molecule has 2 bridgehead atoms. The van der Waals surface area contributed by atoms with Crippen LogP contribution in [-0.4, -0.2) is 92.2 Å². The van der Waals surface area contributed by atoms with Crippen LogP contribution in [0, 0.1) is 34.9 Å². The first-order chi connectivity index (χ1) is 28.7. The number of amidine groups is 1. The van der Waals surface area contributed by atoms with Gasteiger partial charge in [-0.2, -0.15) is 10.3 Å². The number of rotatable bonds is 19. The first-order valence-corrected chi connectivity index (χ1v) is 22.4. The number of piperazine rings is 1. The molecule has 4 aliphatic heterocycles. The van der Waals surface area contributed by atoms with E-state index in [2.05, 4.69) is 54.2 Å². The number of hydrogen-bond donors (Lipinski definition) is 1. The van der Waals surface area contributed by atoms with Gasteiger partial charge in [-0.1, -0.05) is 53.2 Å². The van der Waals surface area contributed by atoms with E-state index >= 15 is 8.78 Å². The second-order valence-corrected chi connectivity index (χ2v) is 18.8. The smallest absolute Gasteiger partial charge is 0.211 e. The van der Waals surface area contributed by atoms with Gasteiger partial charge in [0.15, 0.2) is 0 Å². The molecule has 2 atom stereocenters. The van der Waals surface area contributed by atoms with E-state index in [-0.39, 0.29) is 58.6 Å². The molecule has 4 heterocycles. The Morgan fingerprint density at radius 3 is 2.32 bits per heavy atom. The Morgan fingerprint density at radius 2 is 1.75 bits per heavy atom. The van der Waals surface area contributed by atoms with Crippen molar-refractivity contribution in [2.24, 2.45) is 21.6 Å². The maximum absolute atomic E-state index is 17.7. The molecule has 6 rings (SSSR count). The summed E-state index contributed by atoms with van der Waals surface area (Å²) in [6.07, 6.45) is 11.5. The quantitative estimate of drug-likeness (QED) is 0.0484. The molecule has 11 heteroatoms. The van der Waals surface area contributed by atoms with E-state index in [1.807, 2.05) is 6.92 Å². The summed E-state index contributed by atoms with van der Waals surface area (Å²) in [7, 11) is 1.74. The normalized spacial score (nSPS) is 23.5. The average Bonchev–Trinajstić information content (AvgIpc) is 3.72. The predicted octanol–water partition coefficient (Wildman–Crippen LogP) is 9.62. The van der Waals surface area contributed by atoms with E-state index in [0.29, 0.717) is 59.2 Å². The fraction of sp³-hybridized carbons (Fsp3) is 0.633. The van der Waals surface area contributed by atoms with Gasteiger partial charge in [-0.3, -0.25) is 4.90 Å². The van der Waals surface area contributed by atoms with Crippen LogP contribution >= 0.6 is 0 Å². The van der Waals surface area contributed by atoms with Crippen molar-refractivity contribution in [2.75, 3.05) is 59.6 Å². The van der Waals surface area contributed by atoms with Crippen molar-refractivity contribution in [3.05, 3.63) is 86.5 Å². The minimum atomic E-state index is -0.522. The number of nitrogens with zero attached hydrogens (tertiary/aromatic N) is 5. The summed E-state index contributed by atoms with van der Waals surface area (Å²) in [5.74, 6) is 0.294. The van der Waals surface area contributed by atoms with Gasteiger partial charge in [-0.25, -0.2) is 8.78 Å². The van der Waals surface area contributed by atoms with Gasteiger partial charge in [0.2, 0.25) is 5.88 Å². The van der Waals surface area contributed by atoms with E-state index in [1.165, 1.54) is 6.08 Å².